The van der Waals surface area contributed by atoms with Crippen LogP contribution in [0, 0.1) is 20.2 Å². The number of hydrazine groups is 1. The Labute approximate surface area is 168 Å². The van der Waals surface area contributed by atoms with E-state index in [1.54, 1.807) is 6.07 Å². The average molecular weight is 411 g/mol. The number of ether oxygens (including phenoxy) is 1. The molecule has 0 aliphatic carbocycles. The molecule has 0 saturated heterocycles. The molecule has 13 heteroatoms. The minimum atomic E-state index is -0.753. The molecule has 0 aliphatic rings. The molecule has 2 N–H and O–H groups in total. The van der Waals surface area contributed by atoms with Crippen molar-refractivity contribution in [2.75, 3.05) is 5.43 Å². The number of pyridine rings is 1. The van der Waals surface area contributed by atoms with Crippen molar-refractivity contribution in [2.24, 2.45) is 0 Å². The zero-order valence-corrected chi connectivity index (χ0v) is 15.1. The summed E-state index contributed by atoms with van der Waals surface area (Å²) in [6.07, 6.45) is 3.77. The maximum Gasteiger partial charge on any atom is 0.374 e. The number of nitro benzene ring substituents is 1. The molecule has 1 amide bonds. The zero-order chi connectivity index (χ0) is 21.5. The van der Waals surface area contributed by atoms with Crippen molar-refractivity contribution in [3.05, 3.63) is 80.9 Å². The van der Waals surface area contributed by atoms with Crippen LogP contribution in [-0.2, 0) is 11.2 Å². The van der Waals surface area contributed by atoms with Crippen LogP contribution in [0.25, 0.3) is 0 Å². The largest absolute Gasteiger partial charge is 0.432 e. The van der Waals surface area contributed by atoms with E-state index in [0.717, 1.165) is 6.33 Å². The molecule has 0 bridgehead atoms. The first-order valence-electron chi connectivity index (χ1n) is 8.29. The standard InChI is InChI=1S/C17H13N7O6/c25-14(8-11-3-5-12(6-4-11)23(26)27)21-22-16-15(24(28)29)17(20-10-19-16)30-13-2-1-7-18-9-13/h1-7,9-10H,8H2,(H,21,25)(H,19,20,22). The molecule has 0 atom stereocenters. The highest BCUT2D eigenvalue weighted by Gasteiger charge is 2.25. The zero-order valence-electron chi connectivity index (χ0n) is 15.1. The second kappa shape index (κ2) is 9.01. The summed E-state index contributed by atoms with van der Waals surface area (Å²) >= 11 is 0. The van der Waals surface area contributed by atoms with Gasteiger partial charge < -0.3 is 4.74 Å². The van der Waals surface area contributed by atoms with Crippen LogP contribution in [0.3, 0.4) is 0 Å². The minimum Gasteiger partial charge on any atom is -0.432 e. The van der Waals surface area contributed by atoms with E-state index < -0.39 is 21.4 Å². The van der Waals surface area contributed by atoms with E-state index in [4.69, 9.17) is 4.74 Å². The van der Waals surface area contributed by atoms with Gasteiger partial charge in [0.1, 0.15) is 12.1 Å². The van der Waals surface area contributed by atoms with Crippen LogP contribution in [0.1, 0.15) is 5.56 Å². The first kappa shape index (κ1) is 20.1. The van der Waals surface area contributed by atoms with Crippen LogP contribution >= 0.6 is 0 Å². The number of carbonyl (C=O) groups excluding carboxylic acids is 1. The van der Waals surface area contributed by atoms with Crippen molar-refractivity contribution >= 4 is 23.1 Å². The molecule has 0 aliphatic heterocycles. The molecule has 2 heterocycles. The lowest BCUT2D eigenvalue weighted by molar-refractivity contribution is -0.385. The summed E-state index contributed by atoms with van der Waals surface area (Å²) in [7, 11) is 0. The van der Waals surface area contributed by atoms with Gasteiger partial charge in [-0.05, 0) is 17.7 Å². The number of anilines is 1. The molecule has 1 aromatic carbocycles. The summed E-state index contributed by atoms with van der Waals surface area (Å²) in [5.74, 6) is -0.944. The van der Waals surface area contributed by atoms with Crippen LogP contribution in [0.4, 0.5) is 17.2 Å². The van der Waals surface area contributed by atoms with Crippen molar-refractivity contribution in [1.82, 2.24) is 20.4 Å². The molecule has 0 spiro atoms. The van der Waals surface area contributed by atoms with Crippen LogP contribution in [0.5, 0.6) is 11.6 Å². The fourth-order valence-electron chi connectivity index (χ4n) is 2.31. The van der Waals surface area contributed by atoms with Crippen LogP contribution in [0.15, 0.2) is 55.1 Å². The minimum absolute atomic E-state index is 0.102. The Morgan fingerprint density at radius 3 is 2.47 bits per heavy atom. The first-order chi connectivity index (χ1) is 14.4. The van der Waals surface area contributed by atoms with Gasteiger partial charge in [0.2, 0.25) is 11.7 Å². The maximum absolute atomic E-state index is 12.1. The Hall–Kier alpha value is -4.68. The third kappa shape index (κ3) is 4.98. The van der Waals surface area contributed by atoms with Gasteiger partial charge in [0.25, 0.3) is 5.69 Å². The number of benzene rings is 1. The van der Waals surface area contributed by atoms with E-state index in [9.17, 15) is 25.0 Å². The van der Waals surface area contributed by atoms with E-state index >= 15 is 0 Å². The van der Waals surface area contributed by atoms with Gasteiger partial charge in [-0.2, -0.15) is 4.98 Å². The SMILES string of the molecule is O=C(Cc1ccc([N+](=O)[O-])cc1)NNc1ncnc(Oc2cccnc2)c1[N+](=O)[O-]. The number of amides is 1. The third-order valence-electron chi connectivity index (χ3n) is 3.65. The summed E-state index contributed by atoms with van der Waals surface area (Å²) in [6, 6.07) is 8.54. The molecule has 13 nitrogen and oxygen atoms in total. The Balaban J connectivity index is 1.69. The molecule has 152 valence electrons. The lowest BCUT2D eigenvalue weighted by atomic mass is 10.1. The van der Waals surface area contributed by atoms with Crippen molar-refractivity contribution in [3.63, 3.8) is 0 Å². The van der Waals surface area contributed by atoms with Gasteiger partial charge in [-0.15, -0.1) is 0 Å². The number of hydrogen-bond acceptors (Lipinski definition) is 10. The fraction of sp³-hybridized carbons (Fsp3) is 0.0588. The van der Waals surface area contributed by atoms with Gasteiger partial charge in [0.15, 0.2) is 0 Å². The molecular formula is C17H13N7O6. The van der Waals surface area contributed by atoms with Gasteiger partial charge in [-0.1, -0.05) is 12.1 Å². The number of nitrogens with one attached hydrogen (secondary N) is 2. The highest BCUT2D eigenvalue weighted by Crippen LogP contribution is 2.33. The van der Waals surface area contributed by atoms with E-state index in [2.05, 4.69) is 25.8 Å². The molecule has 30 heavy (non-hydrogen) atoms. The topological polar surface area (TPSA) is 175 Å². The number of nitrogens with zero attached hydrogens (tertiary/aromatic N) is 5. The third-order valence-corrected chi connectivity index (χ3v) is 3.65. The highest BCUT2D eigenvalue weighted by molar-refractivity contribution is 5.80. The van der Waals surface area contributed by atoms with Crippen LogP contribution < -0.4 is 15.6 Å². The van der Waals surface area contributed by atoms with Crippen molar-refractivity contribution in [3.8, 4) is 11.6 Å². The van der Waals surface area contributed by atoms with E-state index in [-0.39, 0.29) is 29.6 Å². The molecule has 2 aromatic heterocycles. The van der Waals surface area contributed by atoms with Crippen molar-refractivity contribution in [2.45, 2.75) is 6.42 Å². The van der Waals surface area contributed by atoms with E-state index in [1.807, 2.05) is 0 Å². The predicted octanol–water partition coefficient (Wildman–Crippen LogP) is 2.17. The van der Waals surface area contributed by atoms with Gasteiger partial charge in [0.05, 0.1) is 22.5 Å². The Bertz CT molecular complexity index is 1080. The molecule has 0 saturated carbocycles. The summed E-state index contributed by atoms with van der Waals surface area (Å²) in [5, 5.41) is 22.1. The van der Waals surface area contributed by atoms with Crippen molar-refractivity contribution < 1.29 is 19.4 Å². The highest BCUT2D eigenvalue weighted by atomic mass is 16.6. The fourth-order valence-corrected chi connectivity index (χ4v) is 2.31. The quantitative estimate of drug-likeness (QED) is 0.412. The number of rotatable bonds is 8. The number of hydrogen-bond donors (Lipinski definition) is 2. The van der Waals surface area contributed by atoms with Crippen LogP contribution in [-0.4, -0.2) is 30.7 Å². The van der Waals surface area contributed by atoms with Crippen LogP contribution in [0.2, 0.25) is 0 Å². The maximum atomic E-state index is 12.1. The number of carbonyl (C=O) groups is 1. The lowest BCUT2D eigenvalue weighted by Gasteiger charge is -2.10. The summed E-state index contributed by atoms with van der Waals surface area (Å²) in [5.41, 5.74) is 4.48. The number of aromatic nitrogens is 3. The molecule has 3 aromatic rings. The lowest BCUT2D eigenvalue weighted by Crippen LogP contribution is -2.31. The molecule has 0 unspecified atom stereocenters. The van der Waals surface area contributed by atoms with Gasteiger partial charge in [-0.3, -0.25) is 40.9 Å². The number of nitro groups is 2. The van der Waals surface area contributed by atoms with Gasteiger partial charge in [0, 0.05) is 18.3 Å². The monoisotopic (exact) mass is 411 g/mol. The molecule has 0 radical (unpaired) electrons. The van der Waals surface area contributed by atoms with Gasteiger partial charge >= 0.3 is 11.6 Å². The summed E-state index contributed by atoms with van der Waals surface area (Å²) < 4.78 is 5.38. The summed E-state index contributed by atoms with van der Waals surface area (Å²) in [4.78, 5) is 44.3. The second-order valence-electron chi connectivity index (χ2n) is 5.70. The van der Waals surface area contributed by atoms with E-state index in [1.165, 1.54) is 42.7 Å². The average Bonchev–Trinajstić information content (AvgIpc) is 2.73. The Morgan fingerprint density at radius 2 is 1.83 bits per heavy atom. The summed E-state index contributed by atoms with van der Waals surface area (Å²) in [6.45, 7) is 0. The Morgan fingerprint density at radius 1 is 1.07 bits per heavy atom. The first-order valence-corrected chi connectivity index (χ1v) is 8.29. The number of non-ortho nitro benzene ring substituents is 1. The Kier molecular flexibility index (Phi) is 6.02. The smallest absolute Gasteiger partial charge is 0.374 e. The van der Waals surface area contributed by atoms with E-state index in [0.29, 0.717) is 5.56 Å². The normalized spacial score (nSPS) is 10.1. The predicted molar refractivity (Wildman–Crippen MR) is 102 cm³/mol. The second-order valence-corrected chi connectivity index (χ2v) is 5.70. The van der Waals surface area contributed by atoms with Gasteiger partial charge in [-0.25, -0.2) is 4.98 Å². The molecular weight excluding hydrogens is 398 g/mol. The molecule has 3 rings (SSSR count). The van der Waals surface area contributed by atoms with Crippen molar-refractivity contribution in [1.29, 1.82) is 0 Å². The molecule has 0 fully saturated rings.